The van der Waals surface area contributed by atoms with Crippen LogP contribution in [0.5, 0.6) is 0 Å². The Morgan fingerprint density at radius 1 is 1.29 bits per heavy atom. The summed E-state index contributed by atoms with van der Waals surface area (Å²) in [7, 11) is 0. The van der Waals surface area contributed by atoms with E-state index in [9.17, 15) is 9.59 Å². The first-order valence-electron chi connectivity index (χ1n) is 3.57. The highest BCUT2D eigenvalue weighted by Crippen LogP contribution is 1.92. The quantitative estimate of drug-likeness (QED) is 0.209. The van der Waals surface area contributed by atoms with Crippen LogP contribution in [0.15, 0.2) is 25.3 Å². The van der Waals surface area contributed by atoms with E-state index in [4.69, 9.17) is 5.11 Å². The first kappa shape index (κ1) is 12.3. The fraction of sp³-hybridized carbons (Fsp3) is 0.250. The Kier molecular flexibility index (Phi) is 6.01. The van der Waals surface area contributed by atoms with Crippen LogP contribution in [-0.2, 0) is 24.1 Å². The molecular formula is C8H10O6. The molecule has 0 amide bonds. The maximum Gasteiger partial charge on any atom is 0.365 e. The van der Waals surface area contributed by atoms with Crippen LogP contribution in [0.1, 0.15) is 0 Å². The third-order valence-corrected chi connectivity index (χ3v) is 0.943. The van der Waals surface area contributed by atoms with Crippen LogP contribution in [0.4, 0.5) is 0 Å². The zero-order valence-electron chi connectivity index (χ0n) is 7.34. The van der Waals surface area contributed by atoms with Gasteiger partial charge in [0, 0.05) is 12.2 Å². The molecule has 0 aromatic carbocycles. The van der Waals surface area contributed by atoms with Gasteiger partial charge in [-0.2, -0.15) is 0 Å². The van der Waals surface area contributed by atoms with Crippen LogP contribution < -0.4 is 0 Å². The van der Waals surface area contributed by atoms with Crippen LogP contribution in [0.2, 0.25) is 0 Å². The van der Waals surface area contributed by atoms with Gasteiger partial charge >= 0.3 is 11.9 Å². The number of ether oxygens (including phenoxy) is 1. The van der Waals surface area contributed by atoms with Crippen molar-refractivity contribution in [2.75, 3.05) is 6.61 Å². The van der Waals surface area contributed by atoms with Gasteiger partial charge in [0.1, 0.15) is 6.61 Å². The average Bonchev–Trinajstić information content (AvgIpc) is 2.22. The molecule has 1 unspecified atom stereocenters. The number of carbonyl (C=O) groups excluding carboxylic acids is 2. The second kappa shape index (κ2) is 6.81. The van der Waals surface area contributed by atoms with Crippen molar-refractivity contribution in [3.8, 4) is 0 Å². The highest BCUT2D eigenvalue weighted by Gasteiger charge is 2.09. The van der Waals surface area contributed by atoms with E-state index in [0.717, 1.165) is 12.2 Å². The molecule has 0 bridgehead atoms. The summed E-state index contributed by atoms with van der Waals surface area (Å²) in [6.07, 6.45) is 0.230. The molecule has 0 spiro atoms. The second-order valence-corrected chi connectivity index (χ2v) is 1.99. The summed E-state index contributed by atoms with van der Waals surface area (Å²) in [5.74, 6) is -1.58. The number of hydrogen-bond donors (Lipinski definition) is 1. The van der Waals surface area contributed by atoms with E-state index in [1.165, 1.54) is 0 Å². The zero-order valence-corrected chi connectivity index (χ0v) is 7.34. The molecule has 1 N–H and O–H groups in total. The minimum Gasteiger partial charge on any atom is -0.457 e. The molecule has 0 radical (unpaired) electrons. The number of aliphatic hydroxyl groups excluding tert-OH is 1. The summed E-state index contributed by atoms with van der Waals surface area (Å²) < 4.78 is 4.37. The maximum atomic E-state index is 10.5. The monoisotopic (exact) mass is 202 g/mol. The van der Waals surface area contributed by atoms with Gasteiger partial charge in [0.15, 0.2) is 0 Å². The average molecular weight is 202 g/mol. The molecular weight excluding hydrogens is 192 g/mol. The van der Waals surface area contributed by atoms with E-state index < -0.39 is 24.8 Å². The Labute approximate surface area is 80.3 Å². The van der Waals surface area contributed by atoms with E-state index in [0.29, 0.717) is 0 Å². The van der Waals surface area contributed by atoms with E-state index >= 15 is 0 Å². The van der Waals surface area contributed by atoms with Crippen molar-refractivity contribution in [2.24, 2.45) is 0 Å². The highest BCUT2D eigenvalue weighted by molar-refractivity contribution is 5.81. The minimum atomic E-state index is -1.54. The van der Waals surface area contributed by atoms with Crippen molar-refractivity contribution in [3.05, 3.63) is 25.3 Å². The second-order valence-electron chi connectivity index (χ2n) is 1.99. The molecule has 0 aliphatic carbocycles. The van der Waals surface area contributed by atoms with Gasteiger partial charge in [-0.25, -0.2) is 9.59 Å². The van der Waals surface area contributed by atoms with E-state index in [1.807, 2.05) is 0 Å². The summed E-state index contributed by atoms with van der Waals surface area (Å²) in [5.41, 5.74) is 0. The fourth-order valence-corrected chi connectivity index (χ4v) is 0.377. The van der Waals surface area contributed by atoms with Crippen molar-refractivity contribution in [1.82, 2.24) is 0 Å². The molecule has 0 saturated heterocycles. The Morgan fingerprint density at radius 2 is 1.86 bits per heavy atom. The van der Waals surface area contributed by atoms with Gasteiger partial charge in [0.05, 0.1) is 0 Å². The normalized spacial score (nSPS) is 11.2. The van der Waals surface area contributed by atoms with Crippen molar-refractivity contribution in [3.63, 3.8) is 0 Å². The Morgan fingerprint density at radius 3 is 2.36 bits per heavy atom. The molecule has 0 aromatic heterocycles. The molecule has 0 heterocycles. The number of carbonyl (C=O) groups is 2. The molecule has 78 valence electrons. The third kappa shape index (κ3) is 5.92. The van der Waals surface area contributed by atoms with Gasteiger partial charge < -0.3 is 9.84 Å². The molecule has 6 heteroatoms. The molecule has 0 aliphatic rings. The van der Waals surface area contributed by atoms with E-state index in [2.05, 4.69) is 27.7 Å². The van der Waals surface area contributed by atoms with Crippen LogP contribution in [0, 0.1) is 0 Å². The van der Waals surface area contributed by atoms with E-state index in [-0.39, 0.29) is 0 Å². The molecule has 0 fully saturated rings. The Balaban J connectivity index is 3.60. The summed E-state index contributed by atoms with van der Waals surface area (Å²) >= 11 is 0. The molecule has 14 heavy (non-hydrogen) atoms. The largest absolute Gasteiger partial charge is 0.457 e. The summed E-state index contributed by atoms with van der Waals surface area (Å²) in [5, 5.41) is 8.89. The van der Waals surface area contributed by atoms with Gasteiger partial charge in [0.2, 0.25) is 6.29 Å². The van der Waals surface area contributed by atoms with Gasteiger partial charge in [-0.1, -0.05) is 13.2 Å². The Hall–Kier alpha value is -1.66. The van der Waals surface area contributed by atoms with Crippen molar-refractivity contribution in [2.45, 2.75) is 6.29 Å². The van der Waals surface area contributed by atoms with Crippen molar-refractivity contribution in [1.29, 1.82) is 0 Å². The van der Waals surface area contributed by atoms with Gasteiger partial charge in [-0.3, -0.25) is 4.89 Å². The van der Waals surface area contributed by atoms with Gasteiger partial charge in [0.25, 0.3) is 0 Å². The number of esters is 1. The summed E-state index contributed by atoms with van der Waals surface area (Å²) in [4.78, 5) is 29.0. The van der Waals surface area contributed by atoms with Crippen LogP contribution in [-0.4, -0.2) is 29.9 Å². The van der Waals surface area contributed by atoms with Crippen molar-refractivity contribution < 1.29 is 29.2 Å². The molecule has 0 aliphatic heterocycles. The zero-order chi connectivity index (χ0) is 11.0. The molecule has 0 rings (SSSR count). The summed E-state index contributed by atoms with van der Waals surface area (Å²) in [6.45, 7) is 5.76. The summed E-state index contributed by atoms with van der Waals surface area (Å²) in [6, 6.07) is 0. The Bertz CT molecular complexity index is 210. The van der Waals surface area contributed by atoms with Gasteiger partial charge in [-0.05, 0) is 0 Å². The third-order valence-electron chi connectivity index (χ3n) is 0.943. The lowest BCUT2D eigenvalue weighted by atomic mass is 10.6. The highest BCUT2D eigenvalue weighted by atomic mass is 17.2. The fourth-order valence-electron chi connectivity index (χ4n) is 0.377. The molecule has 0 aromatic rings. The topological polar surface area (TPSA) is 82.1 Å². The van der Waals surface area contributed by atoms with Crippen LogP contribution in [0.25, 0.3) is 0 Å². The number of aliphatic hydroxyl groups is 1. The van der Waals surface area contributed by atoms with Gasteiger partial charge in [-0.15, -0.1) is 4.89 Å². The first-order chi connectivity index (χ1) is 6.60. The first-order valence-corrected chi connectivity index (χ1v) is 3.57. The maximum absolute atomic E-state index is 10.5. The molecule has 6 nitrogen and oxygen atoms in total. The predicted octanol–water partition coefficient (Wildman–Crippen LogP) is -0.305. The lowest BCUT2D eigenvalue weighted by Gasteiger charge is -2.08. The smallest absolute Gasteiger partial charge is 0.365 e. The molecule has 0 saturated carbocycles. The minimum absolute atomic E-state index is 0.463. The number of hydrogen-bond acceptors (Lipinski definition) is 6. The molecule has 1 atom stereocenters. The lowest BCUT2D eigenvalue weighted by molar-refractivity contribution is -0.344. The van der Waals surface area contributed by atoms with Crippen LogP contribution in [0.3, 0.4) is 0 Å². The SMILES string of the molecule is C=CC(=O)OCC(O)OOC(=O)C=C. The standard InChI is InChI=1S/C8H10O6/c1-3-6(9)12-5-8(11)14-13-7(10)4-2/h3-4,8,11H,1-2,5H2. The van der Waals surface area contributed by atoms with Crippen LogP contribution >= 0.6 is 0 Å². The number of rotatable bonds is 6. The van der Waals surface area contributed by atoms with E-state index in [1.54, 1.807) is 0 Å². The van der Waals surface area contributed by atoms with Crippen molar-refractivity contribution >= 4 is 11.9 Å². The predicted molar refractivity (Wildman–Crippen MR) is 44.5 cm³/mol. The lowest BCUT2D eigenvalue weighted by Crippen LogP contribution is -2.22.